The van der Waals surface area contributed by atoms with Crippen LogP contribution in [0.25, 0.3) is 0 Å². The molecule has 72 valence electrons. The molecule has 0 aliphatic heterocycles. The Balaban J connectivity index is 2.17. The van der Waals surface area contributed by atoms with Gasteiger partial charge in [0.1, 0.15) is 11.6 Å². The summed E-state index contributed by atoms with van der Waals surface area (Å²) in [5, 5.41) is 6.24. The Bertz CT molecular complexity index is 399. The Morgan fingerprint density at radius 2 is 2.36 bits per heavy atom. The summed E-state index contributed by atoms with van der Waals surface area (Å²) < 4.78 is 0. The average Bonchev–Trinajstić information content (AvgIpc) is 2.71. The van der Waals surface area contributed by atoms with Crippen molar-refractivity contribution < 1.29 is 0 Å². The molecule has 4 nitrogen and oxygen atoms in total. The summed E-state index contributed by atoms with van der Waals surface area (Å²) in [7, 11) is 0. The molecule has 0 radical (unpaired) electrons. The first-order valence-electron chi connectivity index (χ1n) is 4.21. The zero-order chi connectivity index (χ0) is 9.80. The lowest BCUT2D eigenvalue weighted by Crippen LogP contribution is -2.04. The SMILES string of the molecule is NCc1nccc(Nc2cccs2)n1. The molecule has 0 aliphatic rings. The molecule has 5 heteroatoms. The fourth-order valence-electron chi connectivity index (χ4n) is 1.04. The van der Waals surface area contributed by atoms with Crippen LogP contribution in [0.1, 0.15) is 5.82 Å². The van der Waals surface area contributed by atoms with Gasteiger partial charge in [0.25, 0.3) is 0 Å². The van der Waals surface area contributed by atoms with Gasteiger partial charge in [-0.1, -0.05) is 0 Å². The lowest BCUT2D eigenvalue weighted by molar-refractivity contribution is 0.912. The van der Waals surface area contributed by atoms with Crippen molar-refractivity contribution in [1.82, 2.24) is 9.97 Å². The molecule has 2 rings (SSSR count). The van der Waals surface area contributed by atoms with E-state index in [0.29, 0.717) is 12.4 Å². The topological polar surface area (TPSA) is 63.8 Å². The van der Waals surface area contributed by atoms with Crippen molar-refractivity contribution >= 4 is 22.2 Å². The maximum atomic E-state index is 5.44. The van der Waals surface area contributed by atoms with Crippen LogP contribution < -0.4 is 11.1 Å². The number of nitrogens with zero attached hydrogens (tertiary/aromatic N) is 2. The molecule has 2 heterocycles. The van der Waals surface area contributed by atoms with E-state index in [1.165, 1.54) is 0 Å². The summed E-state index contributed by atoms with van der Waals surface area (Å²) in [5.74, 6) is 1.43. The quantitative estimate of drug-likeness (QED) is 0.803. The molecule has 0 bridgehead atoms. The second-order valence-corrected chi connectivity index (χ2v) is 3.61. The molecule has 0 atom stereocenters. The van der Waals surface area contributed by atoms with E-state index in [2.05, 4.69) is 15.3 Å². The Morgan fingerprint density at radius 1 is 1.43 bits per heavy atom. The minimum Gasteiger partial charge on any atom is -0.332 e. The van der Waals surface area contributed by atoms with Crippen molar-refractivity contribution in [3.63, 3.8) is 0 Å². The van der Waals surface area contributed by atoms with E-state index in [1.807, 2.05) is 23.6 Å². The molecule has 0 fully saturated rings. The van der Waals surface area contributed by atoms with E-state index in [0.717, 1.165) is 10.8 Å². The fraction of sp³-hybridized carbons (Fsp3) is 0.111. The molecule has 0 unspecified atom stereocenters. The Kier molecular flexibility index (Phi) is 2.71. The summed E-state index contributed by atoms with van der Waals surface area (Å²) in [6.45, 7) is 0.361. The largest absolute Gasteiger partial charge is 0.332 e. The van der Waals surface area contributed by atoms with Crippen LogP contribution in [0.4, 0.5) is 10.8 Å². The number of hydrogen-bond acceptors (Lipinski definition) is 5. The number of nitrogens with one attached hydrogen (secondary N) is 1. The monoisotopic (exact) mass is 206 g/mol. The van der Waals surface area contributed by atoms with E-state index in [9.17, 15) is 0 Å². The van der Waals surface area contributed by atoms with Crippen molar-refractivity contribution in [3.05, 3.63) is 35.6 Å². The van der Waals surface area contributed by atoms with Crippen LogP contribution in [0.2, 0.25) is 0 Å². The Morgan fingerprint density at radius 3 is 3.07 bits per heavy atom. The fourth-order valence-corrected chi connectivity index (χ4v) is 1.67. The second-order valence-electron chi connectivity index (χ2n) is 2.66. The van der Waals surface area contributed by atoms with Crippen LogP contribution in [0.3, 0.4) is 0 Å². The third-order valence-electron chi connectivity index (χ3n) is 1.66. The zero-order valence-corrected chi connectivity index (χ0v) is 8.29. The van der Waals surface area contributed by atoms with Gasteiger partial charge in [-0.3, -0.25) is 0 Å². The molecule has 0 spiro atoms. The minimum atomic E-state index is 0.361. The summed E-state index contributed by atoms with van der Waals surface area (Å²) in [6.07, 6.45) is 1.70. The van der Waals surface area contributed by atoms with E-state index in [-0.39, 0.29) is 0 Å². The number of anilines is 2. The normalized spacial score (nSPS) is 10.1. The van der Waals surface area contributed by atoms with Crippen LogP contribution >= 0.6 is 11.3 Å². The first-order chi connectivity index (χ1) is 6.88. The van der Waals surface area contributed by atoms with Gasteiger partial charge in [-0.25, -0.2) is 9.97 Å². The summed E-state index contributed by atoms with van der Waals surface area (Å²) in [6, 6.07) is 5.80. The van der Waals surface area contributed by atoms with E-state index >= 15 is 0 Å². The molecule has 14 heavy (non-hydrogen) atoms. The van der Waals surface area contributed by atoms with Gasteiger partial charge in [0.2, 0.25) is 0 Å². The standard InChI is InChI=1S/C9H10N4S/c10-6-8-11-4-3-7(12-8)13-9-2-1-5-14-9/h1-5H,6,10H2,(H,11,12,13). The molecule has 0 amide bonds. The van der Waals surface area contributed by atoms with Gasteiger partial charge in [0.05, 0.1) is 11.5 Å². The highest BCUT2D eigenvalue weighted by Crippen LogP contribution is 2.19. The molecule has 0 aliphatic carbocycles. The average molecular weight is 206 g/mol. The van der Waals surface area contributed by atoms with Crippen LogP contribution in [-0.4, -0.2) is 9.97 Å². The van der Waals surface area contributed by atoms with Gasteiger partial charge in [-0.05, 0) is 23.6 Å². The van der Waals surface area contributed by atoms with Crippen molar-refractivity contribution in [3.8, 4) is 0 Å². The maximum absolute atomic E-state index is 5.44. The van der Waals surface area contributed by atoms with Crippen LogP contribution in [0.5, 0.6) is 0 Å². The third kappa shape index (κ3) is 2.07. The number of nitrogens with two attached hydrogens (primary N) is 1. The van der Waals surface area contributed by atoms with E-state index in [4.69, 9.17) is 5.73 Å². The van der Waals surface area contributed by atoms with Crippen LogP contribution in [0, 0.1) is 0 Å². The van der Waals surface area contributed by atoms with Crippen molar-refractivity contribution in [1.29, 1.82) is 0 Å². The first-order valence-corrected chi connectivity index (χ1v) is 5.09. The number of hydrogen-bond donors (Lipinski definition) is 2. The van der Waals surface area contributed by atoms with Crippen LogP contribution in [-0.2, 0) is 6.54 Å². The van der Waals surface area contributed by atoms with Gasteiger partial charge < -0.3 is 11.1 Å². The van der Waals surface area contributed by atoms with Crippen molar-refractivity contribution in [2.24, 2.45) is 5.73 Å². The van der Waals surface area contributed by atoms with Crippen molar-refractivity contribution in [2.75, 3.05) is 5.32 Å². The predicted molar refractivity (Wildman–Crippen MR) is 57.5 cm³/mol. The van der Waals surface area contributed by atoms with Crippen molar-refractivity contribution in [2.45, 2.75) is 6.54 Å². The van der Waals surface area contributed by atoms with Gasteiger partial charge >= 0.3 is 0 Å². The third-order valence-corrected chi connectivity index (χ3v) is 2.45. The minimum absolute atomic E-state index is 0.361. The highest BCUT2D eigenvalue weighted by Gasteiger charge is 1.98. The number of aromatic nitrogens is 2. The summed E-state index contributed by atoms with van der Waals surface area (Å²) >= 11 is 1.63. The molecule has 0 saturated heterocycles. The van der Waals surface area contributed by atoms with Crippen LogP contribution in [0.15, 0.2) is 29.8 Å². The Hall–Kier alpha value is -1.46. The van der Waals surface area contributed by atoms with E-state index in [1.54, 1.807) is 17.5 Å². The zero-order valence-electron chi connectivity index (χ0n) is 7.47. The smallest absolute Gasteiger partial charge is 0.144 e. The van der Waals surface area contributed by atoms with Gasteiger partial charge in [0.15, 0.2) is 0 Å². The highest BCUT2D eigenvalue weighted by atomic mass is 32.1. The van der Waals surface area contributed by atoms with E-state index < -0.39 is 0 Å². The lowest BCUT2D eigenvalue weighted by Gasteiger charge is -2.02. The summed E-state index contributed by atoms with van der Waals surface area (Å²) in [5.41, 5.74) is 5.44. The second kappa shape index (κ2) is 4.17. The van der Waals surface area contributed by atoms with Gasteiger partial charge in [-0.15, -0.1) is 11.3 Å². The maximum Gasteiger partial charge on any atom is 0.144 e. The summed E-state index contributed by atoms with van der Waals surface area (Å²) in [4.78, 5) is 8.24. The molecule has 0 aromatic carbocycles. The molecule has 2 aromatic rings. The number of thiophene rings is 1. The van der Waals surface area contributed by atoms with Gasteiger partial charge in [0, 0.05) is 6.20 Å². The number of rotatable bonds is 3. The first kappa shape index (κ1) is 9.11. The molecular weight excluding hydrogens is 196 g/mol. The Labute approximate surface area is 85.8 Å². The highest BCUT2D eigenvalue weighted by molar-refractivity contribution is 7.14. The predicted octanol–water partition coefficient (Wildman–Crippen LogP) is 1.74. The molecule has 2 aromatic heterocycles. The van der Waals surface area contributed by atoms with Gasteiger partial charge in [-0.2, -0.15) is 0 Å². The lowest BCUT2D eigenvalue weighted by atomic mass is 10.5. The molecule has 3 N–H and O–H groups in total. The molecular formula is C9H10N4S. The molecule has 0 saturated carbocycles.